The summed E-state index contributed by atoms with van der Waals surface area (Å²) in [4.78, 5) is 23.3. The molecule has 8 heteroatoms. The van der Waals surface area contributed by atoms with Crippen molar-refractivity contribution in [3.63, 3.8) is 0 Å². The molecule has 1 fully saturated rings. The smallest absolute Gasteiger partial charge is 0.454 e. The minimum absolute atomic E-state index is 0.0178. The van der Waals surface area contributed by atoms with Gasteiger partial charge < -0.3 is 15.5 Å². The van der Waals surface area contributed by atoms with E-state index in [0.717, 1.165) is 0 Å². The predicted molar refractivity (Wildman–Crippen MR) is 85.3 cm³/mol. The zero-order chi connectivity index (χ0) is 19.1. The quantitative estimate of drug-likeness (QED) is 0.718. The number of halogens is 3. The Kier molecular flexibility index (Phi) is 4.68. The van der Waals surface area contributed by atoms with Gasteiger partial charge in [0.05, 0.1) is 0 Å². The number of ketones is 1. The second kappa shape index (κ2) is 6.66. The van der Waals surface area contributed by atoms with Crippen LogP contribution in [0.4, 0.5) is 13.2 Å². The van der Waals surface area contributed by atoms with Crippen LogP contribution < -0.4 is 5.32 Å². The molecule has 1 saturated carbocycles. The highest BCUT2D eigenvalue weighted by atomic mass is 19.4. The number of carboxylic acid groups (broad SMARTS) is 1. The summed E-state index contributed by atoms with van der Waals surface area (Å²) in [5.74, 6) is -3.71. The molecular weight excluding hydrogens is 351 g/mol. The molecular formula is C18H18F3NO4. The number of hydrogen-bond donors (Lipinski definition) is 3. The summed E-state index contributed by atoms with van der Waals surface area (Å²) < 4.78 is 38.6. The van der Waals surface area contributed by atoms with Gasteiger partial charge in [-0.25, -0.2) is 4.79 Å². The highest BCUT2D eigenvalue weighted by Gasteiger charge is 2.53. The monoisotopic (exact) mass is 369 g/mol. The van der Waals surface area contributed by atoms with Crippen molar-refractivity contribution >= 4 is 11.8 Å². The largest absolute Gasteiger partial charge is 0.508 e. The second-order valence-electron chi connectivity index (χ2n) is 6.70. The number of phenolic OH excluding ortho intramolecular Hbond substituents is 1. The van der Waals surface area contributed by atoms with E-state index < -0.39 is 29.9 Å². The van der Waals surface area contributed by atoms with Crippen LogP contribution in [0, 0.1) is 11.8 Å². The average molecular weight is 369 g/mol. The Bertz CT molecular complexity index is 755. The third kappa shape index (κ3) is 3.40. The number of carbonyl (C=O) groups is 2. The second-order valence-corrected chi connectivity index (χ2v) is 6.70. The molecule has 0 heterocycles. The number of Topliss-reactive ketones (excluding diaryl/α,β-unsaturated/α-hetero) is 1. The number of carbonyl (C=O) groups excluding carboxylic acids is 1. The van der Waals surface area contributed by atoms with Crippen LogP contribution >= 0.6 is 0 Å². The van der Waals surface area contributed by atoms with E-state index in [2.05, 4.69) is 5.32 Å². The third-order valence-corrected chi connectivity index (χ3v) is 5.05. The minimum Gasteiger partial charge on any atom is -0.508 e. The summed E-state index contributed by atoms with van der Waals surface area (Å²) in [6, 6.07) is 4.74. The first-order chi connectivity index (χ1) is 12.2. The summed E-state index contributed by atoms with van der Waals surface area (Å²) in [7, 11) is 0. The van der Waals surface area contributed by atoms with Crippen LogP contribution in [0.3, 0.4) is 0 Å². The molecule has 3 N–H and O–H groups in total. The number of phenols is 1. The lowest BCUT2D eigenvalue weighted by atomic mass is 9.71. The van der Waals surface area contributed by atoms with Crippen molar-refractivity contribution in [2.45, 2.75) is 37.9 Å². The Hall–Kier alpha value is -2.51. The van der Waals surface area contributed by atoms with E-state index in [-0.39, 0.29) is 29.4 Å². The van der Waals surface area contributed by atoms with Crippen molar-refractivity contribution in [1.82, 2.24) is 5.32 Å². The number of hydrogen-bond acceptors (Lipinski definition) is 4. The fourth-order valence-electron chi connectivity index (χ4n) is 3.84. The van der Waals surface area contributed by atoms with E-state index in [1.54, 1.807) is 12.1 Å². The van der Waals surface area contributed by atoms with E-state index in [9.17, 15) is 33.0 Å². The van der Waals surface area contributed by atoms with Crippen molar-refractivity contribution in [1.29, 1.82) is 0 Å². The number of carboxylic acids is 1. The molecule has 0 spiro atoms. The van der Waals surface area contributed by atoms with Gasteiger partial charge in [-0.1, -0.05) is 18.6 Å². The van der Waals surface area contributed by atoms with Crippen molar-refractivity contribution in [3.05, 3.63) is 41.1 Å². The number of allylic oxidation sites excluding steroid dienone is 2. The van der Waals surface area contributed by atoms with Crippen LogP contribution in [0.25, 0.3) is 0 Å². The van der Waals surface area contributed by atoms with Crippen molar-refractivity contribution in [2.75, 3.05) is 0 Å². The number of benzene rings is 1. The summed E-state index contributed by atoms with van der Waals surface area (Å²) in [5, 5.41) is 21.4. The van der Waals surface area contributed by atoms with E-state index in [1.165, 1.54) is 12.1 Å². The van der Waals surface area contributed by atoms with Gasteiger partial charge >= 0.3 is 12.1 Å². The van der Waals surface area contributed by atoms with Gasteiger partial charge in [0, 0.05) is 23.6 Å². The number of alkyl halides is 3. The molecule has 1 aromatic carbocycles. The molecule has 0 saturated heterocycles. The fraction of sp³-hybridized carbons (Fsp3) is 0.444. The van der Waals surface area contributed by atoms with Gasteiger partial charge in [-0.2, -0.15) is 13.2 Å². The van der Waals surface area contributed by atoms with Crippen LogP contribution in [0.15, 0.2) is 35.5 Å². The third-order valence-electron chi connectivity index (χ3n) is 5.05. The molecule has 2 aliphatic carbocycles. The molecule has 0 radical (unpaired) electrons. The van der Waals surface area contributed by atoms with E-state index in [0.29, 0.717) is 24.8 Å². The van der Waals surface area contributed by atoms with Gasteiger partial charge in [-0.3, -0.25) is 4.79 Å². The highest BCUT2D eigenvalue weighted by molar-refractivity contribution is 6.02. The lowest BCUT2D eigenvalue weighted by molar-refractivity contribution is -0.168. The SMILES string of the molecule is O=C(O)C(Cc1ccc(O)cc1)NC1=C(C(=O)C(F)(F)F)C2CCCC12. The number of aliphatic carboxylic acids is 1. The Balaban J connectivity index is 1.84. The first-order valence-corrected chi connectivity index (χ1v) is 8.31. The maximum absolute atomic E-state index is 12.9. The number of rotatable bonds is 6. The molecule has 26 heavy (non-hydrogen) atoms. The Morgan fingerprint density at radius 1 is 1.15 bits per heavy atom. The van der Waals surface area contributed by atoms with Crippen LogP contribution in [0.1, 0.15) is 24.8 Å². The van der Waals surface area contributed by atoms with Gasteiger partial charge in [0.25, 0.3) is 5.78 Å². The molecule has 140 valence electrons. The van der Waals surface area contributed by atoms with Crippen LogP contribution in [0.5, 0.6) is 5.75 Å². The van der Waals surface area contributed by atoms with Gasteiger partial charge in [0.15, 0.2) is 0 Å². The molecule has 3 unspecified atom stereocenters. The summed E-state index contributed by atoms with van der Waals surface area (Å²) in [6.07, 6.45) is -3.07. The predicted octanol–water partition coefficient (Wildman–Crippen LogP) is 2.79. The minimum atomic E-state index is -4.97. The van der Waals surface area contributed by atoms with Gasteiger partial charge in [0.1, 0.15) is 11.8 Å². The normalized spacial score (nSPS) is 23.2. The summed E-state index contributed by atoms with van der Waals surface area (Å²) >= 11 is 0. The molecule has 1 aromatic rings. The zero-order valence-electron chi connectivity index (χ0n) is 13.7. The lowest BCUT2D eigenvalue weighted by Gasteiger charge is -2.39. The van der Waals surface area contributed by atoms with Crippen LogP contribution in [-0.4, -0.2) is 34.2 Å². The van der Waals surface area contributed by atoms with Crippen molar-refractivity contribution in [2.24, 2.45) is 11.8 Å². The maximum Gasteiger partial charge on any atom is 0.454 e. The van der Waals surface area contributed by atoms with E-state index >= 15 is 0 Å². The molecule has 3 atom stereocenters. The zero-order valence-corrected chi connectivity index (χ0v) is 13.7. The Labute approximate surface area is 147 Å². The average Bonchev–Trinajstić information content (AvgIpc) is 2.96. The van der Waals surface area contributed by atoms with E-state index in [4.69, 9.17) is 0 Å². The topological polar surface area (TPSA) is 86.6 Å². The standard InChI is InChI=1S/C18H18F3NO4/c19-18(20,21)16(24)14-11-2-1-3-12(11)15(14)22-13(17(25)26)8-9-4-6-10(23)7-5-9/h4-7,11-13,22-23H,1-3,8H2,(H,25,26). The summed E-state index contributed by atoms with van der Waals surface area (Å²) in [5.41, 5.74) is 0.423. The highest BCUT2D eigenvalue weighted by Crippen LogP contribution is 2.52. The molecule has 0 aromatic heterocycles. The van der Waals surface area contributed by atoms with Crippen LogP contribution in [0.2, 0.25) is 0 Å². The number of nitrogens with one attached hydrogen (secondary N) is 1. The molecule has 3 rings (SSSR count). The molecule has 0 bridgehead atoms. The van der Waals surface area contributed by atoms with Crippen molar-refractivity contribution in [3.8, 4) is 5.75 Å². The first kappa shape index (κ1) is 18.3. The molecule has 0 amide bonds. The fourth-order valence-corrected chi connectivity index (χ4v) is 3.84. The first-order valence-electron chi connectivity index (χ1n) is 8.31. The molecule has 5 nitrogen and oxygen atoms in total. The number of fused-ring (bicyclic) bond motifs is 1. The van der Waals surface area contributed by atoms with Gasteiger partial charge in [-0.05, 0) is 36.5 Å². The molecule has 0 aliphatic heterocycles. The van der Waals surface area contributed by atoms with Gasteiger partial charge in [-0.15, -0.1) is 0 Å². The Morgan fingerprint density at radius 3 is 2.35 bits per heavy atom. The van der Waals surface area contributed by atoms with Crippen LogP contribution in [-0.2, 0) is 16.0 Å². The summed E-state index contributed by atoms with van der Waals surface area (Å²) in [6.45, 7) is 0. The van der Waals surface area contributed by atoms with Gasteiger partial charge in [0.2, 0.25) is 0 Å². The lowest BCUT2D eigenvalue weighted by Crippen LogP contribution is -2.48. The molecule has 2 aliphatic rings. The Morgan fingerprint density at radius 2 is 1.77 bits per heavy atom. The maximum atomic E-state index is 12.9. The number of aromatic hydroxyl groups is 1. The van der Waals surface area contributed by atoms with Crippen molar-refractivity contribution < 1.29 is 33.0 Å². The van der Waals surface area contributed by atoms with E-state index in [1.807, 2.05) is 0 Å².